The van der Waals surface area contributed by atoms with Crippen LogP contribution in [-0.2, 0) is 11.3 Å². The standard InChI is InChI=1S/C25H29Cl2N5O/c26-20-11-7-18(8-12-20)16-31(17-23-6-3-15-33-23)24(19-9-13-21(27)14-10-19)25-28-29-30-32(25)22-4-1-2-5-22/h7-14,22-24H,1-6,15-17H2. The van der Waals surface area contributed by atoms with Crippen LogP contribution in [0.15, 0.2) is 48.5 Å². The number of hydrogen-bond acceptors (Lipinski definition) is 5. The Balaban J connectivity index is 1.55. The van der Waals surface area contributed by atoms with Gasteiger partial charge in [0.25, 0.3) is 0 Å². The highest BCUT2D eigenvalue weighted by Crippen LogP contribution is 2.35. The van der Waals surface area contributed by atoms with Crippen molar-refractivity contribution in [2.24, 2.45) is 0 Å². The molecule has 5 rings (SSSR count). The third kappa shape index (κ3) is 5.40. The van der Waals surface area contributed by atoms with Crippen LogP contribution < -0.4 is 0 Å². The third-order valence-corrected chi connectivity index (χ3v) is 7.25. The monoisotopic (exact) mass is 485 g/mol. The molecule has 2 heterocycles. The van der Waals surface area contributed by atoms with Crippen molar-refractivity contribution >= 4 is 23.2 Å². The fraction of sp³-hybridized carbons (Fsp3) is 0.480. The van der Waals surface area contributed by atoms with E-state index in [2.05, 4.69) is 49.4 Å². The predicted octanol–water partition coefficient (Wildman–Crippen LogP) is 5.87. The van der Waals surface area contributed by atoms with E-state index in [1.54, 1.807) is 0 Å². The maximum absolute atomic E-state index is 6.25. The predicted molar refractivity (Wildman–Crippen MR) is 129 cm³/mol. The van der Waals surface area contributed by atoms with E-state index in [1.165, 1.54) is 18.4 Å². The van der Waals surface area contributed by atoms with Gasteiger partial charge in [-0.3, -0.25) is 4.90 Å². The van der Waals surface area contributed by atoms with Crippen LogP contribution in [0.5, 0.6) is 0 Å². The van der Waals surface area contributed by atoms with Gasteiger partial charge in [-0.2, -0.15) is 0 Å². The Morgan fingerprint density at radius 3 is 2.30 bits per heavy atom. The summed E-state index contributed by atoms with van der Waals surface area (Å²) >= 11 is 12.4. The molecule has 0 spiro atoms. The Morgan fingerprint density at radius 1 is 0.939 bits per heavy atom. The molecule has 3 aromatic rings. The molecule has 0 amide bonds. The van der Waals surface area contributed by atoms with E-state index >= 15 is 0 Å². The number of halogens is 2. The minimum atomic E-state index is -0.113. The number of nitrogens with zero attached hydrogens (tertiary/aromatic N) is 5. The van der Waals surface area contributed by atoms with Crippen LogP contribution in [0.3, 0.4) is 0 Å². The van der Waals surface area contributed by atoms with Crippen molar-refractivity contribution in [2.75, 3.05) is 13.2 Å². The Kier molecular flexibility index (Phi) is 7.26. The van der Waals surface area contributed by atoms with E-state index < -0.39 is 0 Å². The summed E-state index contributed by atoms with van der Waals surface area (Å²) in [4.78, 5) is 2.44. The van der Waals surface area contributed by atoms with Crippen LogP contribution >= 0.6 is 23.2 Å². The largest absolute Gasteiger partial charge is 0.377 e. The Hall–Kier alpha value is -1.99. The lowest BCUT2D eigenvalue weighted by molar-refractivity contribution is 0.0572. The second kappa shape index (κ2) is 10.5. The zero-order valence-corrected chi connectivity index (χ0v) is 20.1. The Morgan fingerprint density at radius 2 is 1.64 bits per heavy atom. The highest BCUT2D eigenvalue weighted by atomic mass is 35.5. The minimum Gasteiger partial charge on any atom is -0.377 e. The summed E-state index contributed by atoms with van der Waals surface area (Å²) in [6, 6.07) is 16.4. The van der Waals surface area contributed by atoms with Gasteiger partial charge in [-0.05, 0) is 71.5 Å². The molecule has 1 saturated carbocycles. The maximum Gasteiger partial charge on any atom is 0.173 e. The molecule has 174 valence electrons. The molecule has 0 radical (unpaired) electrons. The first kappa shape index (κ1) is 22.8. The van der Waals surface area contributed by atoms with Crippen molar-refractivity contribution in [1.82, 2.24) is 25.1 Å². The Bertz CT molecular complexity index is 1030. The fourth-order valence-corrected chi connectivity index (χ4v) is 5.35. The van der Waals surface area contributed by atoms with Crippen LogP contribution in [0.25, 0.3) is 0 Å². The second-order valence-electron chi connectivity index (χ2n) is 9.06. The fourth-order valence-electron chi connectivity index (χ4n) is 5.09. The lowest BCUT2D eigenvalue weighted by Gasteiger charge is -2.33. The van der Waals surface area contributed by atoms with Crippen molar-refractivity contribution in [3.8, 4) is 0 Å². The van der Waals surface area contributed by atoms with Gasteiger partial charge in [0, 0.05) is 29.7 Å². The van der Waals surface area contributed by atoms with Crippen molar-refractivity contribution in [3.05, 3.63) is 75.5 Å². The van der Waals surface area contributed by atoms with E-state index in [4.69, 9.17) is 27.9 Å². The lowest BCUT2D eigenvalue weighted by Crippen LogP contribution is -2.37. The molecule has 0 N–H and O–H groups in total. The van der Waals surface area contributed by atoms with Gasteiger partial charge in [-0.15, -0.1) is 5.10 Å². The molecule has 1 aliphatic heterocycles. The average molecular weight is 486 g/mol. The number of aromatic nitrogens is 4. The van der Waals surface area contributed by atoms with Crippen LogP contribution in [0.1, 0.15) is 67.6 Å². The smallest absolute Gasteiger partial charge is 0.173 e. The molecule has 8 heteroatoms. The molecule has 2 aliphatic rings. The molecule has 2 fully saturated rings. The van der Waals surface area contributed by atoms with Gasteiger partial charge in [0.05, 0.1) is 18.2 Å². The van der Waals surface area contributed by atoms with E-state index in [9.17, 15) is 0 Å². The molecule has 1 saturated heterocycles. The van der Waals surface area contributed by atoms with E-state index in [1.807, 2.05) is 24.3 Å². The van der Waals surface area contributed by atoms with Crippen molar-refractivity contribution < 1.29 is 4.74 Å². The van der Waals surface area contributed by atoms with Gasteiger partial charge in [0.15, 0.2) is 5.82 Å². The second-order valence-corrected chi connectivity index (χ2v) is 9.94. The number of hydrogen-bond donors (Lipinski definition) is 0. The van der Waals surface area contributed by atoms with Crippen LogP contribution in [0, 0.1) is 0 Å². The van der Waals surface area contributed by atoms with Gasteiger partial charge >= 0.3 is 0 Å². The molecule has 2 unspecified atom stereocenters. The van der Waals surface area contributed by atoms with Crippen molar-refractivity contribution in [3.63, 3.8) is 0 Å². The molecular formula is C25H29Cl2N5O. The zero-order chi connectivity index (χ0) is 22.6. The van der Waals surface area contributed by atoms with Gasteiger partial charge < -0.3 is 4.74 Å². The molecule has 1 aliphatic carbocycles. The summed E-state index contributed by atoms with van der Waals surface area (Å²) in [6.07, 6.45) is 7.05. The summed E-state index contributed by atoms with van der Waals surface area (Å²) < 4.78 is 8.12. The highest BCUT2D eigenvalue weighted by molar-refractivity contribution is 6.30. The third-order valence-electron chi connectivity index (χ3n) is 6.75. The van der Waals surface area contributed by atoms with Gasteiger partial charge in [-0.25, -0.2) is 4.68 Å². The molecular weight excluding hydrogens is 457 g/mol. The molecule has 1 aromatic heterocycles. The molecule has 2 aromatic carbocycles. The van der Waals surface area contributed by atoms with Crippen LogP contribution in [0.4, 0.5) is 0 Å². The quantitative estimate of drug-likeness (QED) is 0.399. The van der Waals surface area contributed by atoms with E-state index in [0.29, 0.717) is 6.04 Å². The first-order valence-corrected chi connectivity index (χ1v) is 12.6. The lowest BCUT2D eigenvalue weighted by atomic mass is 10.0. The average Bonchev–Trinajstić information content (AvgIpc) is 3.60. The maximum atomic E-state index is 6.25. The number of benzene rings is 2. The van der Waals surface area contributed by atoms with Gasteiger partial charge in [-0.1, -0.05) is 60.3 Å². The first-order chi connectivity index (χ1) is 16.2. The van der Waals surface area contributed by atoms with Gasteiger partial charge in [0.2, 0.25) is 0 Å². The molecule has 2 atom stereocenters. The van der Waals surface area contributed by atoms with Crippen LogP contribution in [-0.4, -0.2) is 44.4 Å². The topological polar surface area (TPSA) is 56.1 Å². The highest BCUT2D eigenvalue weighted by Gasteiger charge is 2.33. The number of ether oxygens (including phenoxy) is 1. The number of rotatable bonds is 8. The normalized spacial score (nSPS) is 20.0. The van der Waals surface area contributed by atoms with Gasteiger partial charge in [0.1, 0.15) is 0 Å². The molecule has 6 nitrogen and oxygen atoms in total. The first-order valence-electron chi connectivity index (χ1n) is 11.8. The van der Waals surface area contributed by atoms with Crippen molar-refractivity contribution in [2.45, 2.75) is 63.3 Å². The van der Waals surface area contributed by atoms with Crippen LogP contribution in [0.2, 0.25) is 10.0 Å². The van der Waals surface area contributed by atoms with E-state index in [-0.39, 0.29) is 12.1 Å². The van der Waals surface area contributed by atoms with Crippen molar-refractivity contribution in [1.29, 1.82) is 0 Å². The van der Waals surface area contributed by atoms with E-state index in [0.717, 1.165) is 66.8 Å². The summed E-state index contributed by atoms with van der Waals surface area (Å²) in [5.74, 6) is 0.885. The Labute approximate surface area is 204 Å². The SMILES string of the molecule is Clc1ccc(CN(CC2CCCO2)C(c2ccc(Cl)cc2)c2nnnn2C2CCCC2)cc1. The summed E-state index contributed by atoms with van der Waals surface area (Å²) in [6.45, 7) is 2.36. The minimum absolute atomic E-state index is 0.113. The summed E-state index contributed by atoms with van der Waals surface area (Å²) in [5.41, 5.74) is 2.32. The summed E-state index contributed by atoms with van der Waals surface area (Å²) in [5, 5.41) is 14.6. The summed E-state index contributed by atoms with van der Waals surface area (Å²) in [7, 11) is 0. The zero-order valence-electron chi connectivity index (χ0n) is 18.6. The number of tetrazole rings is 1. The molecule has 0 bridgehead atoms. The molecule has 33 heavy (non-hydrogen) atoms.